The minimum atomic E-state index is -0.381. The number of carbonyl (C=O) groups is 1. The Labute approximate surface area is 173 Å². The summed E-state index contributed by atoms with van der Waals surface area (Å²) in [6, 6.07) is 12.8. The van der Waals surface area contributed by atoms with Gasteiger partial charge < -0.3 is 9.88 Å². The normalized spacial score (nSPS) is 10.9. The van der Waals surface area contributed by atoms with E-state index in [4.69, 9.17) is 0 Å². The molecule has 0 unspecified atom stereocenters. The van der Waals surface area contributed by atoms with Crippen molar-refractivity contribution in [3.63, 3.8) is 0 Å². The average molecular weight is 402 g/mol. The Bertz CT molecular complexity index is 1180. The highest BCUT2D eigenvalue weighted by atomic mass is 16.2. The number of carbonyl (C=O) groups excluding carboxylic acids is 1. The smallest absolute Gasteiger partial charge is 0.310 e. The molecule has 0 aliphatic heterocycles. The third-order valence-corrected chi connectivity index (χ3v) is 4.51. The monoisotopic (exact) mass is 402 g/mol. The second-order valence-electron chi connectivity index (χ2n) is 7.13. The van der Waals surface area contributed by atoms with Crippen molar-refractivity contribution in [1.82, 2.24) is 29.5 Å². The highest BCUT2D eigenvalue weighted by molar-refractivity contribution is 5.99. The van der Waals surface area contributed by atoms with Gasteiger partial charge in [0.15, 0.2) is 5.82 Å². The number of nitrogens with one attached hydrogen (secondary N) is 2. The molecule has 4 aromatic rings. The van der Waals surface area contributed by atoms with Crippen LogP contribution in [0.3, 0.4) is 0 Å². The molecule has 9 heteroatoms. The van der Waals surface area contributed by atoms with Gasteiger partial charge in [0.25, 0.3) is 0 Å². The van der Waals surface area contributed by atoms with Crippen LogP contribution in [0.2, 0.25) is 0 Å². The van der Waals surface area contributed by atoms with E-state index in [0.29, 0.717) is 23.0 Å². The van der Waals surface area contributed by atoms with E-state index in [9.17, 15) is 4.79 Å². The molecule has 0 radical (unpaired) electrons. The molecule has 0 saturated carbocycles. The second-order valence-corrected chi connectivity index (χ2v) is 7.13. The SMILES string of the molecule is CC(C)n1cnnc1-c1cccc(NC(=O)Nc2cccc(-c3cnn(C)c3)c2)n1. The molecule has 2 amide bonds. The molecule has 0 fully saturated rings. The Balaban J connectivity index is 1.48. The molecule has 2 N–H and O–H groups in total. The summed E-state index contributed by atoms with van der Waals surface area (Å²) in [6.07, 6.45) is 5.37. The van der Waals surface area contributed by atoms with Gasteiger partial charge in [0, 0.05) is 30.5 Å². The summed E-state index contributed by atoms with van der Waals surface area (Å²) in [5, 5.41) is 17.9. The molecule has 1 aromatic carbocycles. The number of pyridine rings is 1. The second kappa shape index (κ2) is 8.16. The van der Waals surface area contributed by atoms with Crippen LogP contribution in [0.5, 0.6) is 0 Å². The first-order valence-electron chi connectivity index (χ1n) is 9.53. The topological polar surface area (TPSA) is 103 Å². The third-order valence-electron chi connectivity index (χ3n) is 4.51. The predicted molar refractivity (Wildman–Crippen MR) is 115 cm³/mol. The predicted octanol–water partition coefficient (Wildman–Crippen LogP) is 3.97. The lowest BCUT2D eigenvalue weighted by molar-refractivity contribution is 0.262. The van der Waals surface area contributed by atoms with Gasteiger partial charge >= 0.3 is 6.03 Å². The van der Waals surface area contributed by atoms with Gasteiger partial charge in [0.05, 0.1) is 6.20 Å². The van der Waals surface area contributed by atoms with Crippen molar-refractivity contribution in [3.05, 3.63) is 61.2 Å². The van der Waals surface area contributed by atoms with Crippen molar-refractivity contribution < 1.29 is 4.79 Å². The quantitative estimate of drug-likeness (QED) is 0.526. The minimum Gasteiger partial charge on any atom is -0.310 e. The number of aryl methyl sites for hydroxylation is 1. The van der Waals surface area contributed by atoms with E-state index in [1.54, 1.807) is 23.3 Å². The van der Waals surface area contributed by atoms with E-state index in [1.807, 2.05) is 68.1 Å². The Morgan fingerprint density at radius 1 is 1.07 bits per heavy atom. The van der Waals surface area contributed by atoms with Gasteiger partial charge in [-0.25, -0.2) is 9.78 Å². The number of amides is 2. The molecular weight excluding hydrogens is 380 g/mol. The van der Waals surface area contributed by atoms with Crippen LogP contribution in [-0.4, -0.2) is 35.6 Å². The van der Waals surface area contributed by atoms with Crippen LogP contribution in [0, 0.1) is 0 Å². The summed E-state index contributed by atoms with van der Waals surface area (Å²) < 4.78 is 3.66. The number of hydrogen-bond donors (Lipinski definition) is 2. The van der Waals surface area contributed by atoms with E-state index >= 15 is 0 Å². The molecule has 3 heterocycles. The minimum absolute atomic E-state index is 0.198. The van der Waals surface area contributed by atoms with E-state index in [1.165, 1.54) is 0 Å². The van der Waals surface area contributed by atoms with Gasteiger partial charge in [0.1, 0.15) is 17.8 Å². The van der Waals surface area contributed by atoms with Crippen molar-refractivity contribution in [3.8, 4) is 22.6 Å². The first-order valence-corrected chi connectivity index (χ1v) is 9.53. The Morgan fingerprint density at radius 2 is 1.90 bits per heavy atom. The molecule has 0 atom stereocenters. The van der Waals surface area contributed by atoms with E-state index < -0.39 is 0 Å². The van der Waals surface area contributed by atoms with Crippen LogP contribution in [-0.2, 0) is 7.05 Å². The van der Waals surface area contributed by atoms with Gasteiger partial charge in [-0.05, 0) is 43.7 Å². The van der Waals surface area contributed by atoms with E-state index in [0.717, 1.165) is 11.1 Å². The Morgan fingerprint density at radius 3 is 2.67 bits per heavy atom. The highest BCUT2D eigenvalue weighted by Crippen LogP contribution is 2.23. The van der Waals surface area contributed by atoms with Crippen LogP contribution in [0.4, 0.5) is 16.3 Å². The van der Waals surface area contributed by atoms with E-state index in [-0.39, 0.29) is 12.1 Å². The maximum absolute atomic E-state index is 12.5. The van der Waals surface area contributed by atoms with Gasteiger partial charge in [-0.2, -0.15) is 5.10 Å². The summed E-state index contributed by atoms with van der Waals surface area (Å²) in [5.41, 5.74) is 3.25. The number of anilines is 2. The zero-order valence-electron chi connectivity index (χ0n) is 16.9. The van der Waals surface area contributed by atoms with Crippen LogP contribution in [0.15, 0.2) is 61.2 Å². The fraction of sp³-hybridized carbons (Fsp3) is 0.190. The molecule has 4 rings (SSSR count). The standard InChI is InChI=1S/C21H22N8O/c1-14(2)29-13-22-27-20(29)18-8-5-9-19(25-18)26-21(30)24-17-7-4-6-15(10-17)16-11-23-28(3)12-16/h4-14H,1-3H3,(H2,24,25,26,30). The Kier molecular flexibility index (Phi) is 5.25. The third kappa shape index (κ3) is 4.19. The van der Waals surface area contributed by atoms with Crippen molar-refractivity contribution in [1.29, 1.82) is 0 Å². The zero-order chi connectivity index (χ0) is 21.1. The Hall–Kier alpha value is -4.01. The molecule has 152 valence electrons. The molecule has 3 aromatic heterocycles. The molecule has 9 nitrogen and oxygen atoms in total. The highest BCUT2D eigenvalue weighted by Gasteiger charge is 2.12. The van der Waals surface area contributed by atoms with Gasteiger partial charge in [-0.15, -0.1) is 10.2 Å². The maximum atomic E-state index is 12.5. The molecular formula is C21H22N8O. The summed E-state index contributed by atoms with van der Waals surface area (Å²) in [5.74, 6) is 1.07. The average Bonchev–Trinajstić information content (AvgIpc) is 3.37. The summed E-state index contributed by atoms with van der Waals surface area (Å²) in [7, 11) is 1.86. The van der Waals surface area contributed by atoms with Gasteiger partial charge in [0.2, 0.25) is 0 Å². The van der Waals surface area contributed by atoms with Gasteiger partial charge in [-0.1, -0.05) is 18.2 Å². The van der Waals surface area contributed by atoms with Crippen LogP contribution in [0.25, 0.3) is 22.6 Å². The lowest BCUT2D eigenvalue weighted by Crippen LogP contribution is -2.20. The summed E-state index contributed by atoms with van der Waals surface area (Å²) in [4.78, 5) is 17.0. The number of nitrogens with zero attached hydrogens (tertiary/aromatic N) is 6. The first kappa shape index (κ1) is 19.3. The number of aromatic nitrogens is 6. The summed E-state index contributed by atoms with van der Waals surface area (Å²) >= 11 is 0. The van der Waals surface area contributed by atoms with Gasteiger partial charge in [-0.3, -0.25) is 10.00 Å². The fourth-order valence-corrected chi connectivity index (χ4v) is 3.06. The molecule has 0 spiro atoms. The molecule has 0 aliphatic rings. The zero-order valence-corrected chi connectivity index (χ0v) is 16.9. The maximum Gasteiger partial charge on any atom is 0.324 e. The van der Waals surface area contributed by atoms with Crippen molar-refractivity contribution >= 4 is 17.5 Å². The van der Waals surface area contributed by atoms with Crippen molar-refractivity contribution in [2.24, 2.45) is 7.05 Å². The lowest BCUT2D eigenvalue weighted by atomic mass is 10.1. The van der Waals surface area contributed by atoms with Crippen LogP contribution >= 0.6 is 0 Å². The van der Waals surface area contributed by atoms with Crippen LogP contribution in [0.1, 0.15) is 19.9 Å². The van der Waals surface area contributed by atoms with Crippen molar-refractivity contribution in [2.45, 2.75) is 19.9 Å². The lowest BCUT2D eigenvalue weighted by Gasteiger charge is -2.11. The largest absolute Gasteiger partial charge is 0.324 e. The molecule has 0 saturated heterocycles. The van der Waals surface area contributed by atoms with Crippen molar-refractivity contribution in [2.75, 3.05) is 10.6 Å². The number of rotatable bonds is 5. The van der Waals surface area contributed by atoms with Crippen LogP contribution < -0.4 is 10.6 Å². The summed E-state index contributed by atoms with van der Waals surface area (Å²) in [6.45, 7) is 4.09. The molecule has 0 aliphatic carbocycles. The first-order chi connectivity index (χ1) is 14.5. The number of urea groups is 1. The fourth-order valence-electron chi connectivity index (χ4n) is 3.06. The number of hydrogen-bond acceptors (Lipinski definition) is 5. The molecule has 30 heavy (non-hydrogen) atoms. The molecule has 0 bridgehead atoms. The van der Waals surface area contributed by atoms with E-state index in [2.05, 4.69) is 30.9 Å². The number of benzene rings is 1.